The van der Waals surface area contributed by atoms with Crippen LogP contribution in [0.1, 0.15) is 57.2 Å². The number of methoxy groups -OCH3 is 1. The Morgan fingerprint density at radius 1 is 1.18 bits per heavy atom. The second kappa shape index (κ2) is 8.02. The zero-order valence-electron chi connectivity index (χ0n) is 17.4. The van der Waals surface area contributed by atoms with E-state index in [9.17, 15) is 0 Å². The molecule has 156 valence electrons. The molecule has 0 spiro atoms. The number of piperidine rings is 1. The second-order valence-corrected chi connectivity index (χ2v) is 9.46. The highest BCUT2D eigenvalue weighted by Crippen LogP contribution is 2.47. The summed E-state index contributed by atoms with van der Waals surface area (Å²) in [4.78, 5) is 2.54. The molecule has 4 rings (SSSR count). The third-order valence-corrected chi connectivity index (χ3v) is 6.28. The van der Waals surface area contributed by atoms with Crippen LogP contribution in [0.5, 0.6) is 11.5 Å². The minimum Gasteiger partial charge on any atom is -0.493 e. The lowest BCUT2D eigenvalue weighted by molar-refractivity contribution is -0.0971. The molecule has 0 amide bonds. The van der Waals surface area contributed by atoms with Crippen LogP contribution in [-0.2, 0) is 15.9 Å². The molecule has 0 saturated carbocycles. The molecule has 2 saturated heterocycles. The summed E-state index contributed by atoms with van der Waals surface area (Å²) in [6.07, 6.45) is 4.30. The molecule has 6 heteroatoms. The summed E-state index contributed by atoms with van der Waals surface area (Å²) in [6.45, 7) is 9.72. The van der Waals surface area contributed by atoms with Crippen molar-refractivity contribution in [2.75, 3.05) is 33.4 Å². The maximum atomic E-state index is 6.85. The Bertz CT molecular complexity index is 711. The van der Waals surface area contributed by atoms with Crippen molar-refractivity contribution >= 4 is 11.6 Å². The van der Waals surface area contributed by atoms with Gasteiger partial charge in [-0.2, -0.15) is 0 Å². The van der Waals surface area contributed by atoms with Crippen LogP contribution >= 0.6 is 11.6 Å². The van der Waals surface area contributed by atoms with E-state index < -0.39 is 0 Å². The molecule has 0 radical (unpaired) electrons. The van der Waals surface area contributed by atoms with Gasteiger partial charge in [0.2, 0.25) is 0 Å². The van der Waals surface area contributed by atoms with Crippen LogP contribution in [0.15, 0.2) is 6.07 Å². The van der Waals surface area contributed by atoms with E-state index in [4.69, 9.17) is 30.5 Å². The average Bonchev–Trinajstić information content (AvgIpc) is 3.15. The molecule has 0 aliphatic carbocycles. The van der Waals surface area contributed by atoms with E-state index in [0.717, 1.165) is 51.1 Å². The van der Waals surface area contributed by atoms with Crippen molar-refractivity contribution in [3.63, 3.8) is 0 Å². The van der Waals surface area contributed by atoms with Crippen molar-refractivity contribution in [3.8, 4) is 11.5 Å². The number of hydrogen-bond donors (Lipinski definition) is 0. The van der Waals surface area contributed by atoms with Crippen molar-refractivity contribution in [1.82, 2.24) is 4.90 Å². The van der Waals surface area contributed by atoms with Crippen LogP contribution < -0.4 is 9.47 Å². The van der Waals surface area contributed by atoms with E-state index in [2.05, 4.69) is 31.7 Å². The summed E-state index contributed by atoms with van der Waals surface area (Å²) in [7, 11) is 1.69. The number of rotatable bonds is 4. The van der Waals surface area contributed by atoms with Gasteiger partial charge in [0.15, 0.2) is 11.5 Å². The van der Waals surface area contributed by atoms with Crippen molar-refractivity contribution in [2.24, 2.45) is 0 Å². The highest BCUT2D eigenvalue weighted by atomic mass is 35.5. The first kappa shape index (κ1) is 20.3. The van der Waals surface area contributed by atoms with E-state index in [1.807, 2.05) is 0 Å². The first-order chi connectivity index (χ1) is 13.4. The van der Waals surface area contributed by atoms with Gasteiger partial charge in [-0.25, -0.2) is 0 Å². The summed E-state index contributed by atoms with van der Waals surface area (Å²) in [5.74, 6) is 1.40. The smallest absolute Gasteiger partial charge is 0.180 e. The normalized spacial score (nSPS) is 28.0. The van der Waals surface area contributed by atoms with E-state index in [-0.39, 0.29) is 11.7 Å². The van der Waals surface area contributed by atoms with Crippen LogP contribution in [0, 0.1) is 0 Å². The molecule has 0 bridgehead atoms. The molecular formula is C22H32ClNO4. The van der Waals surface area contributed by atoms with Crippen molar-refractivity contribution < 1.29 is 18.9 Å². The van der Waals surface area contributed by atoms with Gasteiger partial charge < -0.3 is 18.9 Å². The zero-order chi connectivity index (χ0) is 19.9. The first-order valence-electron chi connectivity index (χ1n) is 10.4. The number of halogens is 1. The van der Waals surface area contributed by atoms with Crippen molar-refractivity contribution in [3.05, 3.63) is 22.2 Å². The van der Waals surface area contributed by atoms with Crippen LogP contribution in [0.2, 0.25) is 5.02 Å². The summed E-state index contributed by atoms with van der Waals surface area (Å²) >= 11 is 6.85. The van der Waals surface area contributed by atoms with Gasteiger partial charge in [0.1, 0.15) is 6.10 Å². The second-order valence-electron chi connectivity index (χ2n) is 9.08. The number of nitrogens with zero attached hydrogens (tertiary/aromatic N) is 1. The third-order valence-electron chi connectivity index (χ3n) is 5.88. The maximum absolute atomic E-state index is 6.85. The van der Waals surface area contributed by atoms with Gasteiger partial charge in [0.25, 0.3) is 0 Å². The predicted octanol–water partition coefficient (Wildman–Crippen LogP) is 4.39. The molecule has 0 N–H and O–H groups in total. The van der Waals surface area contributed by atoms with Crippen molar-refractivity contribution in [1.29, 1.82) is 0 Å². The molecule has 5 nitrogen and oxygen atoms in total. The largest absolute Gasteiger partial charge is 0.493 e. The Morgan fingerprint density at radius 3 is 2.68 bits per heavy atom. The minimum absolute atomic E-state index is 0.0505. The predicted molar refractivity (Wildman–Crippen MR) is 110 cm³/mol. The molecule has 1 aromatic carbocycles. The molecule has 3 aliphatic rings. The van der Waals surface area contributed by atoms with Gasteiger partial charge in [0, 0.05) is 25.6 Å². The first-order valence-corrected chi connectivity index (χ1v) is 10.8. The topological polar surface area (TPSA) is 40.2 Å². The van der Waals surface area contributed by atoms with E-state index in [1.54, 1.807) is 7.11 Å². The number of hydrogen-bond acceptors (Lipinski definition) is 5. The number of fused-ring (bicyclic) bond motifs is 3. The van der Waals surface area contributed by atoms with Crippen LogP contribution in [0.25, 0.3) is 0 Å². The SMILES string of the molecule is COc1cc2c(c(Cl)c1OC1CCOC1)CCN1CC(OC(C)(C)C)CCC21. The fourth-order valence-corrected chi connectivity index (χ4v) is 5.05. The fourth-order valence-electron chi connectivity index (χ4n) is 4.71. The van der Waals surface area contributed by atoms with Crippen LogP contribution in [0.3, 0.4) is 0 Å². The average molecular weight is 410 g/mol. The quantitative estimate of drug-likeness (QED) is 0.737. The molecular weight excluding hydrogens is 378 g/mol. The molecule has 2 fully saturated rings. The summed E-state index contributed by atoms with van der Waals surface area (Å²) in [6, 6.07) is 2.52. The van der Waals surface area contributed by atoms with Gasteiger partial charge in [0.05, 0.1) is 37.1 Å². The van der Waals surface area contributed by atoms with Crippen LogP contribution in [0.4, 0.5) is 0 Å². The monoisotopic (exact) mass is 409 g/mol. The number of ether oxygens (including phenoxy) is 4. The van der Waals surface area contributed by atoms with Gasteiger partial charge in [-0.05, 0) is 57.2 Å². The van der Waals surface area contributed by atoms with Gasteiger partial charge in [-0.1, -0.05) is 11.6 Å². The molecule has 28 heavy (non-hydrogen) atoms. The van der Waals surface area contributed by atoms with Gasteiger partial charge in [-0.15, -0.1) is 0 Å². The van der Waals surface area contributed by atoms with E-state index in [0.29, 0.717) is 29.5 Å². The number of benzene rings is 1. The Labute approximate surface area is 173 Å². The lowest BCUT2D eigenvalue weighted by atomic mass is 9.85. The minimum atomic E-state index is -0.103. The Hall–Kier alpha value is -1.01. The summed E-state index contributed by atoms with van der Waals surface area (Å²) in [5, 5.41) is 0.717. The Morgan fingerprint density at radius 2 is 2.00 bits per heavy atom. The highest BCUT2D eigenvalue weighted by molar-refractivity contribution is 6.33. The molecule has 3 aliphatic heterocycles. The highest BCUT2D eigenvalue weighted by Gasteiger charge is 2.37. The third kappa shape index (κ3) is 4.13. The molecule has 0 aromatic heterocycles. The van der Waals surface area contributed by atoms with Crippen molar-refractivity contribution in [2.45, 2.75) is 70.3 Å². The zero-order valence-corrected chi connectivity index (χ0v) is 18.2. The summed E-state index contributed by atoms with van der Waals surface area (Å²) < 4.78 is 23.6. The van der Waals surface area contributed by atoms with Gasteiger partial charge >= 0.3 is 0 Å². The Kier molecular flexibility index (Phi) is 5.81. The molecule has 3 unspecified atom stereocenters. The molecule has 1 aromatic rings. The fraction of sp³-hybridized carbons (Fsp3) is 0.727. The lowest BCUT2D eigenvalue weighted by Gasteiger charge is -2.45. The lowest BCUT2D eigenvalue weighted by Crippen LogP contribution is -2.47. The van der Waals surface area contributed by atoms with E-state index >= 15 is 0 Å². The summed E-state index contributed by atoms with van der Waals surface area (Å²) in [5.41, 5.74) is 2.40. The van der Waals surface area contributed by atoms with Crippen LogP contribution in [-0.4, -0.2) is 56.1 Å². The Balaban J connectivity index is 1.58. The van der Waals surface area contributed by atoms with Gasteiger partial charge in [-0.3, -0.25) is 4.90 Å². The maximum Gasteiger partial charge on any atom is 0.180 e. The molecule has 3 atom stereocenters. The molecule has 3 heterocycles. The van der Waals surface area contributed by atoms with E-state index in [1.165, 1.54) is 11.1 Å². The standard InChI is InChI=1S/C22H32ClNO4/c1-22(2,3)28-14-5-6-18-17-11-19(25-4)21(27-15-8-10-26-13-15)20(23)16(17)7-9-24(18)12-14/h11,14-15,18H,5-10,12-13H2,1-4H3.